The van der Waals surface area contributed by atoms with Gasteiger partial charge in [0.25, 0.3) is 0 Å². The van der Waals surface area contributed by atoms with E-state index in [0.717, 1.165) is 38.0 Å². The Kier molecular flexibility index (Phi) is 6.06. The largest absolute Gasteiger partial charge is 0.383 e. The molecule has 0 fully saturated rings. The van der Waals surface area contributed by atoms with Gasteiger partial charge in [0.05, 0.1) is 3.79 Å². The molecule has 1 atom stereocenters. The van der Waals surface area contributed by atoms with Crippen molar-refractivity contribution in [2.45, 2.75) is 46.1 Å². The number of hydrogen-bond donors (Lipinski definition) is 1. The molecule has 1 heterocycles. The Balaban J connectivity index is 2.55. The average Bonchev–Trinajstić information content (AvgIpc) is 2.84. The lowest BCUT2D eigenvalue weighted by atomic mass is 9.90. The van der Waals surface area contributed by atoms with Gasteiger partial charge in [-0.25, -0.2) is 0 Å². The second-order valence-corrected chi connectivity index (χ2v) is 8.32. The van der Waals surface area contributed by atoms with Crippen molar-refractivity contribution in [3.05, 3.63) is 53.6 Å². The molecule has 1 N–H and O–H groups in total. The monoisotopic (exact) mass is 430 g/mol. The summed E-state index contributed by atoms with van der Waals surface area (Å²) in [6.07, 6.45) is 2.38. The highest BCUT2D eigenvalue weighted by Crippen LogP contribution is 2.39. The molecule has 1 aromatic heterocycles. The number of benzene rings is 1. The van der Waals surface area contributed by atoms with Gasteiger partial charge >= 0.3 is 0 Å². The predicted molar refractivity (Wildman–Crippen MR) is 98.4 cm³/mol. The first-order valence-electron chi connectivity index (χ1n) is 7.29. The number of aryl methyl sites for hydroxylation is 3. The third-order valence-corrected chi connectivity index (χ3v) is 7.10. The number of hydrogen-bond acceptors (Lipinski definition) is 2. The lowest BCUT2D eigenvalue weighted by Crippen LogP contribution is -2.07. The van der Waals surface area contributed by atoms with Crippen molar-refractivity contribution in [1.29, 1.82) is 0 Å². The lowest BCUT2D eigenvalue weighted by molar-refractivity contribution is 0.222. The Morgan fingerprint density at radius 2 is 1.57 bits per heavy atom. The summed E-state index contributed by atoms with van der Waals surface area (Å²) in [4.78, 5) is 0.974. The first kappa shape index (κ1) is 17.2. The maximum absolute atomic E-state index is 10.9. The summed E-state index contributed by atoms with van der Waals surface area (Å²) in [5, 5.41) is 10.9. The van der Waals surface area contributed by atoms with Crippen LogP contribution in [0.5, 0.6) is 0 Å². The van der Waals surface area contributed by atoms with Crippen LogP contribution in [0.2, 0.25) is 0 Å². The van der Waals surface area contributed by atoms with Gasteiger partial charge in [-0.2, -0.15) is 0 Å². The molecule has 1 aromatic carbocycles. The van der Waals surface area contributed by atoms with Crippen molar-refractivity contribution in [3.63, 3.8) is 0 Å². The summed E-state index contributed by atoms with van der Waals surface area (Å²) < 4.78 is 2.03. The maximum Gasteiger partial charge on any atom is 0.114 e. The van der Waals surface area contributed by atoms with Crippen molar-refractivity contribution < 1.29 is 5.11 Å². The topological polar surface area (TPSA) is 20.2 Å². The van der Waals surface area contributed by atoms with Gasteiger partial charge in [-0.3, -0.25) is 0 Å². The van der Waals surface area contributed by atoms with Crippen LogP contribution in [-0.2, 0) is 19.3 Å². The highest BCUT2D eigenvalue weighted by atomic mass is 79.9. The van der Waals surface area contributed by atoms with E-state index in [1.165, 1.54) is 16.7 Å². The van der Waals surface area contributed by atoms with Crippen LogP contribution in [0.25, 0.3) is 0 Å². The molecule has 21 heavy (non-hydrogen) atoms. The average molecular weight is 432 g/mol. The molecule has 0 aliphatic rings. The fourth-order valence-electron chi connectivity index (χ4n) is 2.63. The molecule has 2 aromatic rings. The summed E-state index contributed by atoms with van der Waals surface area (Å²) >= 11 is 8.60. The van der Waals surface area contributed by atoms with Crippen LogP contribution in [-0.4, -0.2) is 5.11 Å². The van der Waals surface area contributed by atoms with Crippen molar-refractivity contribution in [2.75, 3.05) is 0 Å². The van der Waals surface area contributed by atoms with E-state index in [1.54, 1.807) is 11.3 Å². The molecule has 4 heteroatoms. The fourth-order valence-corrected chi connectivity index (χ4v) is 4.72. The first-order chi connectivity index (χ1) is 10.0. The van der Waals surface area contributed by atoms with Gasteiger partial charge in [0.2, 0.25) is 0 Å². The minimum Gasteiger partial charge on any atom is -0.383 e. The summed E-state index contributed by atoms with van der Waals surface area (Å²) in [5.41, 5.74) is 4.98. The van der Waals surface area contributed by atoms with E-state index in [2.05, 4.69) is 64.8 Å². The summed E-state index contributed by atoms with van der Waals surface area (Å²) in [6, 6.07) is 6.50. The number of rotatable bonds is 5. The SMILES string of the molecule is CCc1cc(CC)c(C(O)c2cc(Br)c(Br)s2)c(CC)c1. The molecule has 1 unspecified atom stereocenters. The Morgan fingerprint density at radius 1 is 1.00 bits per heavy atom. The summed E-state index contributed by atoms with van der Waals surface area (Å²) in [5.74, 6) is 0. The van der Waals surface area contributed by atoms with E-state index in [0.29, 0.717) is 0 Å². The van der Waals surface area contributed by atoms with Gasteiger partial charge < -0.3 is 5.11 Å². The summed E-state index contributed by atoms with van der Waals surface area (Å²) in [7, 11) is 0. The molecule has 0 saturated carbocycles. The quantitative estimate of drug-likeness (QED) is 0.611. The minimum absolute atomic E-state index is 0.548. The van der Waals surface area contributed by atoms with E-state index in [9.17, 15) is 5.11 Å². The van der Waals surface area contributed by atoms with Crippen molar-refractivity contribution in [2.24, 2.45) is 0 Å². The molecule has 2 rings (SSSR count). The minimum atomic E-state index is -0.548. The molecule has 0 amide bonds. The van der Waals surface area contributed by atoms with E-state index < -0.39 is 6.10 Å². The Bertz CT molecular complexity index is 589. The predicted octanol–water partition coefficient (Wildman–Crippen LogP) is 6.04. The Labute approximate surface area is 147 Å². The van der Waals surface area contributed by atoms with Gasteiger partial charge in [0, 0.05) is 9.35 Å². The van der Waals surface area contributed by atoms with Gasteiger partial charge in [-0.05, 0) is 79.4 Å². The van der Waals surface area contributed by atoms with Crippen molar-refractivity contribution in [1.82, 2.24) is 0 Å². The number of aliphatic hydroxyl groups is 1. The van der Waals surface area contributed by atoms with Crippen molar-refractivity contribution in [3.8, 4) is 0 Å². The van der Waals surface area contributed by atoms with Crippen LogP contribution in [0.4, 0.5) is 0 Å². The highest BCUT2D eigenvalue weighted by molar-refractivity contribution is 9.13. The van der Waals surface area contributed by atoms with Crippen molar-refractivity contribution >= 4 is 43.2 Å². The molecule has 0 bridgehead atoms. The maximum atomic E-state index is 10.9. The van der Waals surface area contributed by atoms with Gasteiger partial charge in [-0.1, -0.05) is 32.9 Å². The lowest BCUT2D eigenvalue weighted by Gasteiger charge is -2.19. The fraction of sp³-hybridized carbons (Fsp3) is 0.412. The molecule has 0 spiro atoms. The second-order valence-electron chi connectivity index (χ2n) is 5.06. The third kappa shape index (κ3) is 3.61. The zero-order valence-corrected chi connectivity index (χ0v) is 16.5. The Hall–Kier alpha value is -0.160. The van der Waals surface area contributed by atoms with Gasteiger partial charge in [-0.15, -0.1) is 11.3 Å². The molecule has 0 aliphatic carbocycles. The number of thiophene rings is 1. The zero-order chi connectivity index (χ0) is 15.6. The molecule has 0 aliphatic heterocycles. The second kappa shape index (κ2) is 7.40. The van der Waals surface area contributed by atoms with E-state index in [-0.39, 0.29) is 0 Å². The van der Waals surface area contributed by atoms with Crippen LogP contribution in [0, 0.1) is 0 Å². The number of halogens is 2. The third-order valence-electron chi connectivity index (χ3n) is 3.79. The molecular formula is C17H20Br2OS. The molecule has 0 radical (unpaired) electrons. The van der Waals surface area contributed by atoms with E-state index in [4.69, 9.17) is 0 Å². The van der Waals surface area contributed by atoms with Crippen LogP contribution in [0.1, 0.15) is 54.0 Å². The van der Waals surface area contributed by atoms with Crippen LogP contribution < -0.4 is 0 Å². The molecule has 1 nitrogen and oxygen atoms in total. The van der Waals surface area contributed by atoms with E-state index >= 15 is 0 Å². The van der Waals surface area contributed by atoms with Crippen LogP contribution >= 0.6 is 43.2 Å². The van der Waals surface area contributed by atoms with Crippen LogP contribution in [0.15, 0.2) is 26.5 Å². The Morgan fingerprint density at radius 3 is 1.95 bits per heavy atom. The first-order valence-corrected chi connectivity index (χ1v) is 9.69. The molecule has 0 saturated heterocycles. The zero-order valence-electron chi connectivity index (χ0n) is 12.5. The van der Waals surface area contributed by atoms with E-state index in [1.807, 2.05) is 6.07 Å². The number of aliphatic hydroxyl groups excluding tert-OH is 1. The smallest absolute Gasteiger partial charge is 0.114 e. The van der Waals surface area contributed by atoms with Crippen LogP contribution in [0.3, 0.4) is 0 Å². The normalized spacial score (nSPS) is 12.7. The highest BCUT2D eigenvalue weighted by Gasteiger charge is 2.21. The van der Waals surface area contributed by atoms with Gasteiger partial charge in [0.15, 0.2) is 0 Å². The molecule has 114 valence electrons. The molecular weight excluding hydrogens is 412 g/mol. The van der Waals surface area contributed by atoms with Gasteiger partial charge in [0.1, 0.15) is 6.10 Å². The standard InChI is InChI=1S/C17H20Br2OS/c1-4-10-7-11(5-2)15(12(6-3)8-10)16(20)14-9-13(18)17(19)21-14/h7-9,16,20H,4-6H2,1-3H3. The summed E-state index contributed by atoms with van der Waals surface area (Å²) in [6.45, 7) is 6.49.